The number of aromatic nitrogens is 1. The summed E-state index contributed by atoms with van der Waals surface area (Å²) in [5, 5.41) is 9.78. The molecule has 1 aliphatic rings. The molecule has 0 spiro atoms. The van der Waals surface area contributed by atoms with Gasteiger partial charge in [0.1, 0.15) is 18.9 Å². The van der Waals surface area contributed by atoms with Gasteiger partial charge in [-0.2, -0.15) is 0 Å². The number of primary sulfonamides is 1. The van der Waals surface area contributed by atoms with Crippen LogP contribution >= 0.6 is 0 Å². The molecule has 0 aliphatic carbocycles. The number of hydrogen-bond acceptors (Lipinski definition) is 8. The van der Waals surface area contributed by atoms with Crippen LogP contribution in [0, 0.1) is 0 Å². The fourth-order valence-electron chi connectivity index (χ4n) is 5.12. The van der Waals surface area contributed by atoms with E-state index in [4.69, 9.17) is 20.1 Å². The maximum absolute atomic E-state index is 13.8. The van der Waals surface area contributed by atoms with Crippen molar-refractivity contribution in [1.82, 2.24) is 10.1 Å². The van der Waals surface area contributed by atoms with Crippen molar-refractivity contribution in [2.45, 2.75) is 11.4 Å². The summed E-state index contributed by atoms with van der Waals surface area (Å²) >= 11 is 0. The summed E-state index contributed by atoms with van der Waals surface area (Å²) in [5.41, 5.74) is 8.89. The molecule has 0 saturated carbocycles. The molecule has 0 atom stereocenters. The lowest BCUT2D eigenvalue weighted by Gasteiger charge is -2.32. The van der Waals surface area contributed by atoms with Crippen LogP contribution in [0.2, 0.25) is 0 Å². The fourth-order valence-corrected chi connectivity index (χ4v) is 5.89. The molecule has 2 heterocycles. The van der Waals surface area contributed by atoms with Crippen molar-refractivity contribution >= 4 is 44.3 Å². The molecule has 4 N–H and O–H groups in total. The molecule has 4 aromatic carbocycles. The summed E-state index contributed by atoms with van der Waals surface area (Å²) in [6.07, 6.45) is 0. The van der Waals surface area contributed by atoms with Gasteiger partial charge >= 0.3 is 0 Å². The normalized spacial score (nSPS) is 12.9. The van der Waals surface area contributed by atoms with Gasteiger partial charge in [0.05, 0.1) is 22.5 Å². The highest BCUT2D eigenvalue weighted by Gasteiger charge is 2.28. The molecule has 43 heavy (non-hydrogen) atoms. The molecule has 5 aromatic rings. The number of nitrogens with zero attached hydrogens (tertiary/aromatic N) is 3. The van der Waals surface area contributed by atoms with Crippen molar-refractivity contribution in [3.05, 3.63) is 102 Å². The number of amides is 2. The lowest BCUT2D eigenvalue weighted by Crippen LogP contribution is -2.45. The minimum Gasteiger partial charge on any atom is -0.490 e. The third-order valence-corrected chi connectivity index (χ3v) is 8.17. The third kappa shape index (κ3) is 5.65. The quantitative estimate of drug-likeness (QED) is 0.286. The van der Waals surface area contributed by atoms with Gasteiger partial charge in [-0.25, -0.2) is 13.6 Å². The number of nitrogens with two attached hydrogens (primary N) is 2. The van der Waals surface area contributed by atoms with E-state index in [2.05, 4.69) is 5.16 Å². The minimum atomic E-state index is -3.97. The first kappa shape index (κ1) is 27.9. The molecule has 0 radical (unpaired) electrons. The Morgan fingerprint density at radius 3 is 2.51 bits per heavy atom. The van der Waals surface area contributed by atoms with Gasteiger partial charge in [-0.15, -0.1) is 0 Å². The van der Waals surface area contributed by atoms with Crippen LogP contribution in [-0.4, -0.2) is 50.0 Å². The van der Waals surface area contributed by atoms with E-state index in [0.29, 0.717) is 39.1 Å². The van der Waals surface area contributed by atoms with E-state index in [-0.39, 0.29) is 48.8 Å². The highest BCUT2D eigenvalue weighted by Crippen LogP contribution is 2.37. The first-order valence-electron chi connectivity index (χ1n) is 13.4. The van der Waals surface area contributed by atoms with Crippen molar-refractivity contribution in [3.63, 3.8) is 0 Å². The fraction of sp³-hybridized carbons (Fsp3) is 0.129. The second kappa shape index (κ2) is 11.2. The number of fused-ring (bicyclic) bond motifs is 2. The lowest BCUT2D eigenvalue weighted by molar-refractivity contribution is -0.119. The molecule has 0 bridgehead atoms. The van der Waals surface area contributed by atoms with E-state index >= 15 is 0 Å². The van der Waals surface area contributed by atoms with E-state index in [9.17, 15) is 18.0 Å². The first-order chi connectivity index (χ1) is 20.7. The van der Waals surface area contributed by atoms with E-state index in [1.54, 1.807) is 59.5 Å². The number of carbonyl (C=O) groups is 2. The summed E-state index contributed by atoms with van der Waals surface area (Å²) in [6.45, 7) is 0.479. The van der Waals surface area contributed by atoms with E-state index in [1.807, 2.05) is 30.3 Å². The van der Waals surface area contributed by atoms with Gasteiger partial charge in [0.2, 0.25) is 15.9 Å². The van der Waals surface area contributed by atoms with Gasteiger partial charge in [0.25, 0.3) is 5.91 Å². The first-order valence-corrected chi connectivity index (χ1v) is 14.9. The molecular weight excluding hydrogens is 570 g/mol. The Morgan fingerprint density at radius 2 is 1.72 bits per heavy atom. The topological polar surface area (TPSA) is 162 Å². The van der Waals surface area contributed by atoms with Gasteiger partial charge < -0.3 is 24.8 Å². The van der Waals surface area contributed by atoms with Crippen molar-refractivity contribution in [3.8, 4) is 16.9 Å². The molecule has 1 aromatic heterocycles. The molecular formula is C31H27N5O6S. The number of ether oxygens (including phenoxy) is 1. The second-order valence-corrected chi connectivity index (χ2v) is 11.6. The summed E-state index contributed by atoms with van der Waals surface area (Å²) in [5.74, 6) is -0.0303. The maximum atomic E-state index is 13.8. The Hall–Kier alpha value is -5.20. The monoisotopic (exact) mass is 597 g/mol. The largest absolute Gasteiger partial charge is 0.490 e. The smallest absolute Gasteiger partial charge is 0.254 e. The molecule has 2 amide bonds. The van der Waals surface area contributed by atoms with Crippen LogP contribution in [0.3, 0.4) is 0 Å². The van der Waals surface area contributed by atoms with Crippen LogP contribution in [0.5, 0.6) is 5.75 Å². The minimum absolute atomic E-state index is 0.0139. The standard InChI is InChI=1S/C31H27N5O6S/c32-30-24-12-10-22(17-26(24)42-34-30)31(38)35(18-20-6-2-1-3-7-20)19-29(37)36-14-15-41-27-16-21(11-13-25(27)36)23-8-4-5-9-28(23)43(33,39)40/h1-13,16-17H,14-15,18-19H2,(H2,32,34)(H2,33,39,40). The Morgan fingerprint density at radius 1 is 0.953 bits per heavy atom. The van der Waals surface area contributed by atoms with Crippen LogP contribution in [-0.2, 0) is 21.4 Å². The number of rotatable bonds is 7. The highest BCUT2D eigenvalue weighted by atomic mass is 32.2. The summed E-state index contributed by atoms with van der Waals surface area (Å²) in [6, 6.07) is 25.8. The van der Waals surface area contributed by atoms with Gasteiger partial charge in [-0.3, -0.25) is 9.59 Å². The van der Waals surface area contributed by atoms with E-state index in [1.165, 1.54) is 11.0 Å². The van der Waals surface area contributed by atoms with Gasteiger partial charge in [-0.1, -0.05) is 59.8 Å². The van der Waals surface area contributed by atoms with Crippen molar-refractivity contribution in [1.29, 1.82) is 0 Å². The van der Waals surface area contributed by atoms with E-state index in [0.717, 1.165) is 5.56 Å². The average Bonchev–Trinajstić information content (AvgIpc) is 3.39. The molecule has 0 fully saturated rings. The number of carbonyl (C=O) groups excluding carboxylic acids is 2. The zero-order chi connectivity index (χ0) is 30.1. The summed E-state index contributed by atoms with van der Waals surface area (Å²) < 4.78 is 35.4. The Bertz CT molecular complexity index is 1960. The zero-order valence-corrected chi connectivity index (χ0v) is 23.7. The molecule has 1 aliphatic heterocycles. The van der Waals surface area contributed by atoms with Crippen molar-refractivity contribution in [2.75, 3.05) is 30.3 Å². The summed E-state index contributed by atoms with van der Waals surface area (Å²) in [7, 11) is -3.97. The molecule has 6 rings (SSSR count). The summed E-state index contributed by atoms with van der Waals surface area (Å²) in [4.78, 5) is 30.6. The van der Waals surface area contributed by atoms with Crippen LogP contribution < -0.4 is 20.5 Å². The zero-order valence-electron chi connectivity index (χ0n) is 22.8. The SMILES string of the molecule is Nc1noc2cc(C(=O)N(CC(=O)N3CCOc4cc(-c5ccccc5S(N)(=O)=O)ccc43)Cc3ccccc3)ccc12. The molecule has 12 heteroatoms. The predicted octanol–water partition coefficient (Wildman–Crippen LogP) is 3.79. The van der Waals surface area contributed by atoms with Gasteiger partial charge in [-0.05, 0) is 47.5 Å². The number of benzene rings is 4. The Labute approximate surface area is 247 Å². The van der Waals surface area contributed by atoms with Crippen molar-refractivity contribution < 1.29 is 27.3 Å². The maximum Gasteiger partial charge on any atom is 0.254 e. The number of sulfonamides is 1. The van der Waals surface area contributed by atoms with Crippen LogP contribution in [0.1, 0.15) is 15.9 Å². The molecule has 11 nitrogen and oxygen atoms in total. The molecule has 0 saturated heterocycles. The highest BCUT2D eigenvalue weighted by molar-refractivity contribution is 7.89. The number of anilines is 2. The van der Waals surface area contributed by atoms with Gasteiger partial charge in [0, 0.05) is 17.7 Å². The molecule has 218 valence electrons. The van der Waals surface area contributed by atoms with Crippen LogP contribution in [0.25, 0.3) is 22.1 Å². The van der Waals surface area contributed by atoms with Gasteiger partial charge in [0.15, 0.2) is 11.4 Å². The molecule has 0 unspecified atom stereocenters. The third-order valence-electron chi connectivity index (χ3n) is 7.21. The van der Waals surface area contributed by atoms with Crippen LogP contribution in [0.15, 0.2) is 100 Å². The average molecular weight is 598 g/mol. The number of nitrogen functional groups attached to an aromatic ring is 1. The lowest BCUT2D eigenvalue weighted by atomic mass is 10.0. The number of hydrogen-bond donors (Lipinski definition) is 2. The Balaban J connectivity index is 1.29. The second-order valence-electron chi connectivity index (χ2n) is 10.0. The van der Waals surface area contributed by atoms with Crippen LogP contribution in [0.4, 0.5) is 11.5 Å². The van der Waals surface area contributed by atoms with E-state index < -0.39 is 10.0 Å². The predicted molar refractivity (Wildman–Crippen MR) is 161 cm³/mol. The van der Waals surface area contributed by atoms with Crippen molar-refractivity contribution in [2.24, 2.45) is 5.14 Å². The Kier molecular flexibility index (Phi) is 7.30.